The van der Waals surface area contributed by atoms with E-state index in [1.165, 1.54) is 4.80 Å². The quantitative estimate of drug-likeness (QED) is 0.446. The molecule has 0 saturated heterocycles. The molecular weight excluding hydrogens is 408 g/mol. The normalized spacial score (nSPS) is 11.7. The number of hydrogen-bond donors (Lipinski definition) is 1. The van der Waals surface area contributed by atoms with Gasteiger partial charge in [0, 0.05) is 31.9 Å². The van der Waals surface area contributed by atoms with Gasteiger partial charge in [0.2, 0.25) is 11.8 Å². The zero-order valence-electron chi connectivity index (χ0n) is 18.8. The van der Waals surface area contributed by atoms with Gasteiger partial charge >= 0.3 is 0 Å². The maximum absolute atomic E-state index is 5.54. The van der Waals surface area contributed by atoms with E-state index in [9.17, 15) is 0 Å². The molecule has 0 bridgehead atoms. The Morgan fingerprint density at radius 1 is 1.03 bits per heavy atom. The second-order valence-corrected chi connectivity index (χ2v) is 7.95. The van der Waals surface area contributed by atoms with Gasteiger partial charge in [0.1, 0.15) is 11.4 Å². The average Bonchev–Trinajstić information content (AvgIpc) is 3.24. The number of fused-ring (bicyclic) bond motifs is 1. The molecule has 1 N–H and O–H groups in total. The minimum atomic E-state index is -0.234. The summed E-state index contributed by atoms with van der Waals surface area (Å²) in [5, 5.41) is 12.5. The van der Waals surface area contributed by atoms with Gasteiger partial charge in [0.25, 0.3) is 0 Å². The number of hydrogen-bond acceptors (Lipinski definition) is 9. The van der Waals surface area contributed by atoms with Gasteiger partial charge in [0.15, 0.2) is 0 Å². The molecule has 0 amide bonds. The molecule has 0 unspecified atom stereocenters. The van der Waals surface area contributed by atoms with Crippen LogP contribution in [0.1, 0.15) is 26.0 Å². The van der Waals surface area contributed by atoms with E-state index in [1.807, 2.05) is 18.2 Å². The summed E-state index contributed by atoms with van der Waals surface area (Å²) < 4.78 is 11.0. The third-order valence-corrected chi connectivity index (χ3v) is 5.25. The first-order valence-corrected chi connectivity index (χ1v) is 10.2. The van der Waals surface area contributed by atoms with Gasteiger partial charge in [-0.3, -0.25) is 4.98 Å². The summed E-state index contributed by atoms with van der Waals surface area (Å²) in [4.78, 5) is 19.7. The minimum Gasteiger partial charge on any atom is -0.479 e. The molecule has 0 aliphatic heterocycles. The highest BCUT2D eigenvalue weighted by Crippen LogP contribution is 2.28. The van der Waals surface area contributed by atoms with Crippen molar-refractivity contribution in [2.75, 3.05) is 19.5 Å². The summed E-state index contributed by atoms with van der Waals surface area (Å²) in [6.45, 7) is 4.12. The lowest BCUT2D eigenvalue weighted by atomic mass is 10.0. The lowest BCUT2D eigenvalue weighted by Gasteiger charge is -2.22. The molecule has 0 fully saturated rings. The lowest BCUT2D eigenvalue weighted by molar-refractivity contribution is 0.0156. The molecule has 0 spiro atoms. The standard InChI is InChI=1S/C22H26N8O2/c1-22(2,32-5)10-8-16-19-14(9-11-23-16)12-24-21(28-19)27-17-7-6-15(26-20(17)31-4)18-13-25-30(3)29-18/h6-7,9,11-13H,8,10H2,1-5H3,(H,24,27,28). The Balaban J connectivity index is 1.62. The number of ether oxygens (including phenoxy) is 2. The maximum Gasteiger partial charge on any atom is 0.238 e. The molecule has 0 aliphatic carbocycles. The van der Waals surface area contributed by atoms with Crippen LogP contribution in [0.3, 0.4) is 0 Å². The van der Waals surface area contributed by atoms with Crippen LogP contribution in [-0.4, -0.2) is 54.8 Å². The number of pyridine rings is 2. The lowest BCUT2D eigenvalue weighted by Crippen LogP contribution is -2.23. The van der Waals surface area contributed by atoms with Crippen LogP contribution in [0.2, 0.25) is 0 Å². The van der Waals surface area contributed by atoms with Gasteiger partial charge in [-0.2, -0.15) is 15.0 Å². The molecule has 10 heteroatoms. The monoisotopic (exact) mass is 434 g/mol. The molecule has 4 aromatic rings. The first-order chi connectivity index (χ1) is 15.4. The molecule has 166 valence electrons. The minimum absolute atomic E-state index is 0.234. The summed E-state index contributed by atoms with van der Waals surface area (Å²) >= 11 is 0. The Hall–Kier alpha value is -3.66. The Kier molecular flexibility index (Phi) is 5.95. The van der Waals surface area contributed by atoms with Crippen LogP contribution in [0.15, 0.2) is 36.8 Å². The number of nitrogens with one attached hydrogen (secondary N) is 1. The number of rotatable bonds is 8. The van der Waals surface area contributed by atoms with Gasteiger partial charge in [-0.1, -0.05) is 0 Å². The molecular formula is C22H26N8O2. The van der Waals surface area contributed by atoms with E-state index in [4.69, 9.17) is 14.5 Å². The Morgan fingerprint density at radius 2 is 1.88 bits per heavy atom. The smallest absolute Gasteiger partial charge is 0.238 e. The zero-order valence-corrected chi connectivity index (χ0v) is 18.8. The summed E-state index contributed by atoms with van der Waals surface area (Å²) in [5.41, 5.74) is 3.44. The van der Waals surface area contributed by atoms with Crippen LogP contribution in [-0.2, 0) is 18.2 Å². The van der Waals surface area contributed by atoms with Crippen molar-refractivity contribution < 1.29 is 9.47 Å². The molecule has 32 heavy (non-hydrogen) atoms. The van der Waals surface area contributed by atoms with E-state index in [0.29, 0.717) is 28.9 Å². The fraction of sp³-hybridized carbons (Fsp3) is 0.364. The predicted molar refractivity (Wildman–Crippen MR) is 121 cm³/mol. The zero-order chi connectivity index (χ0) is 22.7. The van der Waals surface area contributed by atoms with Crippen molar-refractivity contribution in [2.45, 2.75) is 32.3 Å². The number of anilines is 2. The SMILES string of the molecule is COc1nc(-c2cnn(C)n2)ccc1Nc1ncc2ccnc(CCC(C)(C)OC)c2n1. The highest BCUT2D eigenvalue weighted by Gasteiger charge is 2.18. The molecule has 4 rings (SSSR count). The van der Waals surface area contributed by atoms with Crippen molar-refractivity contribution in [1.29, 1.82) is 0 Å². The van der Waals surface area contributed by atoms with Crippen LogP contribution in [0.5, 0.6) is 5.88 Å². The van der Waals surface area contributed by atoms with Gasteiger partial charge < -0.3 is 14.8 Å². The van der Waals surface area contributed by atoms with Crippen LogP contribution in [0, 0.1) is 0 Å². The molecule has 4 aromatic heterocycles. The molecule has 4 heterocycles. The number of nitrogens with zero attached hydrogens (tertiary/aromatic N) is 7. The van der Waals surface area contributed by atoms with Crippen molar-refractivity contribution in [2.24, 2.45) is 7.05 Å². The Bertz CT molecular complexity index is 1240. The second kappa shape index (κ2) is 8.83. The molecule has 10 nitrogen and oxygen atoms in total. The van der Waals surface area contributed by atoms with Crippen LogP contribution >= 0.6 is 0 Å². The van der Waals surface area contributed by atoms with Gasteiger partial charge in [-0.05, 0) is 44.9 Å². The van der Waals surface area contributed by atoms with Crippen LogP contribution in [0.4, 0.5) is 11.6 Å². The summed E-state index contributed by atoms with van der Waals surface area (Å²) in [7, 11) is 5.04. The molecule has 0 aliphatic rings. The number of methoxy groups -OCH3 is 2. The van der Waals surface area contributed by atoms with Crippen molar-refractivity contribution in [3.63, 3.8) is 0 Å². The maximum atomic E-state index is 5.54. The van der Waals surface area contributed by atoms with Crippen molar-refractivity contribution in [1.82, 2.24) is 34.9 Å². The third-order valence-electron chi connectivity index (χ3n) is 5.25. The van der Waals surface area contributed by atoms with Crippen LogP contribution in [0.25, 0.3) is 22.3 Å². The average molecular weight is 435 g/mol. The topological polar surface area (TPSA) is 113 Å². The summed E-state index contributed by atoms with van der Waals surface area (Å²) in [5.74, 6) is 0.843. The first-order valence-electron chi connectivity index (χ1n) is 10.2. The van der Waals surface area contributed by atoms with Crippen molar-refractivity contribution in [3.8, 4) is 17.3 Å². The van der Waals surface area contributed by atoms with Gasteiger partial charge in [-0.25, -0.2) is 15.0 Å². The number of aryl methyl sites for hydroxylation is 2. The molecule has 0 aromatic carbocycles. The molecule has 0 saturated carbocycles. The first kappa shape index (κ1) is 21.6. The Morgan fingerprint density at radius 3 is 2.59 bits per heavy atom. The van der Waals surface area contributed by atoms with Gasteiger partial charge in [-0.15, -0.1) is 0 Å². The van der Waals surface area contributed by atoms with E-state index < -0.39 is 0 Å². The van der Waals surface area contributed by atoms with Crippen LogP contribution < -0.4 is 10.1 Å². The predicted octanol–water partition coefficient (Wildman–Crippen LogP) is 3.33. The largest absolute Gasteiger partial charge is 0.479 e. The van der Waals surface area contributed by atoms with E-state index in [-0.39, 0.29) is 5.60 Å². The fourth-order valence-electron chi connectivity index (χ4n) is 3.20. The van der Waals surface area contributed by atoms with E-state index >= 15 is 0 Å². The highest BCUT2D eigenvalue weighted by atomic mass is 16.5. The third kappa shape index (κ3) is 4.65. The van der Waals surface area contributed by atoms with Crippen molar-refractivity contribution >= 4 is 22.5 Å². The van der Waals surface area contributed by atoms with E-state index in [2.05, 4.69) is 44.3 Å². The van der Waals surface area contributed by atoms with E-state index in [0.717, 1.165) is 29.4 Å². The fourth-order valence-corrected chi connectivity index (χ4v) is 3.20. The van der Waals surface area contributed by atoms with Gasteiger partial charge in [0.05, 0.1) is 35.8 Å². The second-order valence-electron chi connectivity index (χ2n) is 7.95. The molecule has 0 radical (unpaired) electrons. The summed E-state index contributed by atoms with van der Waals surface area (Å²) in [6, 6.07) is 5.60. The summed E-state index contributed by atoms with van der Waals surface area (Å²) in [6.07, 6.45) is 6.79. The highest BCUT2D eigenvalue weighted by molar-refractivity contribution is 5.81. The molecule has 0 atom stereocenters. The number of aromatic nitrogens is 7. The Labute approximate surface area is 186 Å². The van der Waals surface area contributed by atoms with Crippen molar-refractivity contribution in [3.05, 3.63) is 42.5 Å². The van der Waals surface area contributed by atoms with E-state index in [1.54, 1.807) is 39.9 Å².